The first-order chi connectivity index (χ1) is 6.58. The third kappa shape index (κ3) is 5.61. The summed E-state index contributed by atoms with van der Waals surface area (Å²) in [6.45, 7) is 10.5. The van der Waals surface area contributed by atoms with Gasteiger partial charge in [-0.05, 0) is 50.7 Å². The molecule has 1 aliphatic rings. The molecule has 0 aromatic rings. The Bertz CT molecular complexity index is 143. The number of nitrogens with one attached hydrogen (secondary N) is 2. The van der Waals surface area contributed by atoms with E-state index in [2.05, 4.69) is 31.4 Å². The molecule has 1 heterocycles. The molecular weight excluding hydrogens is 172 g/mol. The first kappa shape index (κ1) is 12.0. The van der Waals surface area contributed by atoms with Gasteiger partial charge in [0.25, 0.3) is 0 Å². The summed E-state index contributed by atoms with van der Waals surface area (Å²) in [5.41, 5.74) is 0.496. The van der Waals surface area contributed by atoms with Crippen LogP contribution in [0.15, 0.2) is 0 Å². The van der Waals surface area contributed by atoms with Gasteiger partial charge in [-0.15, -0.1) is 0 Å². The molecule has 1 rings (SSSR count). The summed E-state index contributed by atoms with van der Waals surface area (Å²) < 4.78 is 0. The molecule has 0 aliphatic carbocycles. The average Bonchev–Trinajstić information content (AvgIpc) is 2.13. The van der Waals surface area contributed by atoms with Crippen LogP contribution in [0.2, 0.25) is 0 Å². The quantitative estimate of drug-likeness (QED) is 0.676. The SMILES string of the molecule is CC(C)(C)CCCNC1CCNCC1. The molecule has 0 radical (unpaired) electrons. The van der Waals surface area contributed by atoms with Crippen LogP contribution < -0.4 is 10.6 Å². The third-order valence-electron chi connectivity index (χ3n) is 2.88. The van der Waals surface area contributed by atoms with Gasteiger partial charge in [-0.25, -0.2) is 0 Å². The molecule has 2 N–H and O–H groups in total. The second kappa shape index (κ2) is 5.72. The van der Waals surface area contributed by atoms with Crippen molar-refractivity contribution in [3.8, 4) is 0 Å². The van der Waals surface area contributed by atoms with Gasteiger partial charge >= 0.3 is 0 Å². The van der Waals surface area contributed by atoms with Crippen molar-refractivity contribution >= 4 is 0 Å². The highest BCUT2D eigenvalue weighted by molar-refractivity contribution is 4.74. The number of hydrogen-bond acceptors (Lipinski definition) is 2. The standard InChI is InChI=1S/C12H26N2/c1-12(2,3)7-4-8-14-11-5-9-13-10-6-11/h11,13-14H,4-10H2,1-3H3. The smallest absolute Gasteiger partial charge is 0.00912 e. The van der Waals surface area contributed by atoms with Crippen molar-refractivity contribution in [1.82, 2.24) is 10.6 Å². The molecule has 2 nitrogen and oxygen atoms in total. The van der Waals surface area contributed by atoms with E-state index in [0.717, 1.165) is 6.04 Å². The Hall–Kier alpha value is -0.0800. The Balaban J connectivity index is 1.97. The maximum Gasteiger partial charge on any atom is 0.00912 e. The summed E-state index contributed by atoms with van der Waals surface area (Å²) in [5, 5.41) is 7.04. The molecule has 0 unspecified atom stereocenters. The summed E-state index contributed by atoms with van der Waals surface area (Å²) in [6, 6.07) is 0.774. The van der Waals surface area contributed by atoms with Crippen molar-refractivity contribution in [2.45, 2.75) is 52.5 Å². The summed E-state index contributed by atoms with van der Waals surface area (Å²) >= 11 is 0. The highest BCUT2D eigenvalue weighted by Crippen LogP contribution is 2.19. The van der Waals surface area contributed by atoms with E-state index >= 15 is 0 Å². The summed E-state index contributed by atoms with van der Waals surface area (Å²) in [7, 11) is 0. The van der Waals surface area contributed by atoms with E-state index in [9.17, 15) is 0 Å². The van der Waals surface area contributed by atoms with Crippen molar-refractivity contribution in [3.05, 3.63) is 0 Å². The van der Waals surface area contributed by atoms with Gasteiger partial charge in [-0.3, -0.25) is 0 Å². The zero-order valence-corrected chi connectivity index (χ0v) is 10.0. The molecular formula is C12H26N2. The third-order valence-corrected chi connectivity index (χ3v) is 2.88. The maximum absolute atomic E-state index is 3.65. The van der Waals surface area contributed by atoms with Crippen LogP contribution in [0.4, 0.5) is 0 Å². The highest BCUT2D eigenvalue weighted by atomic mass is 15.0. The molecule has 0 atom stereocenters. The van der Waals surface area contributed by atoms with Crippen LogP contribution in [0.3, 0.4) is 0 Å². The van der Waals surface area contributed by atoms with Crippen molar-refractivity contribution < 1.29 is 0 Å². The van der Waals surface area contributed by atoms with Gasteiger partial charge in [0.2, 0.25) is 0 Å². The van der Waals surface area contributed by atoms with Crippen molar-refractivity contribution in [2.24, 2.45) is 5.41 Å². The average molecular weight is 198 g/mol. The molecule has 1 fully saturated rings. The predicted octanol–water partition coefficient (Wildman–Crippen LogP) is 2.15. The lowest BCUT2D eigenvalue weighted by Crippen LogP contribution is -2.40. The van der Waals surface area contributed by atoms with Crippen LogP contribution in [0.1, 0.15) is 46.5 Å². The minimum atomic E-state index is 0.496. The van der Waals surface area contributed by atoms with Gasteiger partial charge in [0.1, 0.15) is 0 Å². The largest absolute Gasteiger partial charge is 0.317 e. The molecule has 0 spiro atoms. The Morgan fingerprint density at radius 3 is 2.43 bits per heavy atom. The summed E-state index contributed by atoms with van der Waals surface area (Å²) in [6.07, 6.45) is 5.24. The first-order valence-corrected chi connectivity index (χ1v) is 6.02. The first-order valence-electron chi connectivity index (χ1n) is 6.02. The summed E-state index contributed by atoms with van der Waals surface area (Å²) in [4.78, 5) is 0. The monoisotopic (exact) mass is 198 g/mol. The molecule has 0 saturated carbocycles. The van der Waals surface area contributed by atoms with Crippen LogP contribution in [0.25, 0.3) is 0 Å². The van der Waals surface area contributed by atoms with E-state index in [4.69, 9.17) is 0 Å². The lowest BCUT2D eigenvalue weighted by atomic mass is 9.90. The second-order valence-corrected chi connectivity index (χ2v) is 5.64. The Kier molecular flexibility index (Phi) is 4.90. The van der Waals surface area contributed by atoms with Gasteiger partial charge < -0.3 is 10.6 Å². The predicted molar refractivity (Wildman–Crippen MR) is 62.6 cm³/mol. The van der Waals surface area contributed by atoms with E-state index in [1.54, 1.807) is 0 Å². The van der Waals surface area contributed by atoms with Crippen LogP contribution in [0.5, 0.6) is 0 Å². The fraction of sp³-hybridized carbons (Fsp3) is 1.00. The summed E-state index contributed by atoms with van der Waals surface area (Å²) in [5.74, 6) is 0. The Morgan fingerprint density at radius 2 is 1.86 bits per heavy atom. The molecule has 0 amide bonds. The topological polar surface area (TPSA) is 24.1 Å². The maximum atomic E-state index is 3.65. The molecule has 1 saturated heterocycles. The van der Waals surface area contributed by atoms with Gasteiger partial charge in [0.05, 0.1) is 0 Å². The van der Waals surface area contributed by atoms with Crippen LogP contribution in [-0.4, -0.2) is 25.7 Å². The molecule has 0 bridgehead atoms. The highest BCUT2D eigenvalue weighted by Gasteiger charge is 2.13. The van der Waals surface area contributed by atoms with Crippen LogP contribution in [0, 0.1) is 5.41 Å². The fourth-order valence-electron chi connectivity index (χ4n) is 1.95. The van der Waals surface area contributed by atoms with Gasteiger partial charge in [0, 0.05) is 6.04 Å². The molecule has 0 aromatic carbocycles. The van der Waals surface area contributed by atoms with E-state index in [0.29, 0.717) is 5.41 Å². The normalized spacial score (nSPS) is 19.9. The minimum Gasteiger partial charge on any atom is -0.317 e. The van der Waals surface area contributed by atoms with E-state index in [-0.39, 0.29) is 0 Å². The number of hydrogen-bond donors (Lipinski definition) is 2. The molecule has 14 heavy (non-hydrogen) atoms. The fourth-order valence-corrected chi connectivity index (χ4v) is 1.95. The second-order valence-electron chi connectivity index (χ2n) is 5.64. The van der Waals surface area contributed by atoms with E-state index in [1.807, 2.05) is 0 Å². The van der Waals surface area contributed by atoms with Gasteiger partial charge in [0.15, 0.2) is 0 Å². The number of rotatable bonds is 4. The molecule has 0 aromatic heterocycles. The Labute approximate surface area is 88.8 Å². The number of piperidine rings is 1. The zero-order chi connectivity index (χ0) is 10.4. The molecule has 84 valence electrons. The Morgan fingerprint density at radius 1 is 1.21 bits per heavy atom. The lowest BCUT2D eigenvalue weighted by molar-refractivity contribution is 0.339. The van der Waals surface area contributed by atoms with Crippen LogP contribution in [-0.2, 0) is 0 Å². The van der Waals surface area contributed by atoms with Gasteiger partial charge in [-0.2, -0.15) is 0 Å². The van der Waals surface area contributed by atoms with Crippen molar-refractivity contribution in [1.29, 1.82) is 0 Å². The van der Waals surface area contributed by atoms with E-state index in [1.165, 1.54) is 45.3 Å². The minimum absolute atomic E-state index is 0.496. The van der Waals surface area contributed by atoms with Crippen molar-refractivity contribution in [3.63, 3.8) is 0 Å². The van der Waals surface area contributed by atoms with Crippen molar-refractivity contribution in [2.75, 3.05) is 19.6 Å². The van der Waals surface area contributed by atoms with E-state index < -0.39 is 0 Å². The van der Waals surface area contributed by atoms with Gasteiger partial charge in [-0.1, -0.05) is 20.8 Å². The zero-order valence-electron chi connectivity index (χ0n) is 10.0. The molecule has 1 aliphatic heterocycles. The molecule has 2 heteroatoms. The van der Waals surface area contributed by atoms with Crippen LogP contribution >= 0.6 is 0 Å². The lowest BCUT2D eigenvalue weighted by Gasteiger charge is -2.24.